The Bertz CT molecular complexity index is 714. The van der Waals surface area contributed by atoms with Gasteiger partial charge in [0.15, 0.2) is 6.10 Å². The van der Waals surface area contributed by atoms with E-state index in [9.17, 15) is 4.79 Å². The highest BCUT2D eigenvalue weighted by Crippen LogP contribution is 2.26. The van der Waals surface area contributed by atoms with E-state index in [-0.39, 0.29) is 5.91 Å². The van der Waals surface area contributed by atoms with Gasteiger partial charge in [0.25, 0.3) is 5.91 Å². The highest BCUT2D eigenvalue weighted by molar-refractivity contribution is 9.10. The van der Waals surface area contributed by atoms with Crippen LogP contribution in [0.5, 0.6) is 5.75 Å². The van der Waals surface area contributed by atoms with Gasteiger partial charge in [-0.2, -0.15) is 0 Å². The number of ether oxygens (including phenoxy) is 1. The van der Waals surface area contributed by atoms with E-state index in [1.807, 2.05) is 30.3 Å². The predicted molar refractivity (Wildman–Crippen MR) is 95.9 cm³/mol. The normalized spacial score (nSPS) is 14.7. The largest absolute Gasteiger partial charge is 0.481 e. The van der Waals surface area contributed by atoms with Crippen LogP contribution in [-0.4, -0.2) is 12.0 Å². The Labute approximate surface area is 145 Å². The molecule has 0 heterocycles. The minimum atomic E-state index is -0.546. The van der Waals surface area contributed by atoms with Crippen molar-refractivity contribution in [1.82, 2.24) is 0 Å². The predicted octanol–water partition coefficient (Wildman–Crippen LogP) is 4.73. The summed E-state index contributed by atoms with van der Waals surface area (Å²) in [7, 11) is 0. The Morgan fingerprint density at radius 1 is 1.13 bits per heavy atom. The second kappa shape index (κ2) is 7.18. The molecule has 0 radical (unpaired) electrons. The molecule has 1 aliphatic rings. The number of amides is 1. The van der Waals surface area contributed by atoms with E-state index in [1.165, 1.54) is 24.0 Å². The maximum atomic E-state index is 12.3. The summed E-state index contributed by atoms with van der Waals surface area (Å²) in [4.78, 5) is 12.3. The van der Waals surface area contributed by atoms with Crippen molar-refractivity contribution in [3.63, 3.8) is 0 Å². The Kier molecular flexibility index (Phi) is 5.01. The van der Waals surface area contributed by atoms with Crippen molar-refractivity contribution < 1.29 is 9.53 Å². The zero-order valence-corrected chi connectivity index (χ0v) is 14.7. The van der Waals surface area contributed by atoms with Crippen molar-refractivity contribution >= 4 is 27.5 Å². The average molecular weight is 374 g/mol. The number of hydrogen-bond acceptors (Lipinski definition) is 2. The van der Waals surface area contributed by atoms with Crippen LogP contribution >= 0.6 is 15.9 Å². The molecule has 1 N–H and O–H groups in total. The first-order valence-electron chi connectivity index (χ1n) is 7.97. The van der Waals surface area contributed by atoms with Crippen molar-refractivity contribution in [2.45, 2.75) is 38.7 Å². The van der Waals surface area contributed by atoms with Crippen LogP contribution in [0.25, 0.3) is 0 Å². The molecule has 120 valence electrons. The molecule has 3 nitrogen and oxygen atoms in total. The van der Waals surface area contributed by atoms with E-state index in [0.29, 0.717) is 0 Å². The number of anilines is 1. The Morgan fingerprint density at radius 3 is 2.70 bits per heavy atom. The molecule has 0 spiro atoms. The number of carbonyl (C=O) groups is 1. The highest BCUT2D eigenvalue weighted by Gasteiger charge is 2.16. The van der Waals surface area contributed by atoms with Gasteiger partial charge >= 0.3 is 0 Å². The molecule has 1 aliphatic carbocycles. The fourth-order valence-corrected chi connectivity index (χ4v) is 3.25. The smallest absolute Gasteiger partial charge is 0.265 e. The first-order valence-corrected chi connectivity index (χ1v) is 8.76. The molecular formula is C19H20BrNO2. The fraction of sp³-hybridized carbons (Fsp3) is 0.316. The number of nitrogens with one attached hydrogen (secondary N) is 1. The number of benzene rings is 2. The maximum absolute atomic E-state index is 12.3. The van der Waals surface area contributed by atoms with Gasteiger partial charge in [-0.1, -0.05) is 28.1 Å². The maximum Gasteiger partial charge on any atom is 0.265 e. The summed E-state index contributed by atoms with van der Waals surface area (Å²) in [6.45, 7) is 1.77. The molecule has 0 fully saturated rings. The van der Waals surface area contributed by atoms with Crippen molar-refractivity contribution in [2.75, 3.05) is 5.32 Å². The monoisotopic (exact) mass is 373 g/mol. The van der Waals surface area contributed by atoms with Gasteiger partial charge in [0.1, 0.15) is 5.75 Å². The van der Waals surface area contributed by atoms with Gasteiger partial charge in [-0.3, -0.25) is 4.79 Å². The number of halogens is 1. The zero-order valence-electron chi connectivity index (χ0n) is 13.1. The van der Waals surface area contributed by atoms with Crippen LogP contribution in [0.2, 0.25) is 0 Å². The first kappa shape index (κ1) is 16.1. The number of hydrogen-bond donors (Lipinski definition) is 1. The lowest BCUT2D eigenvalue weighted by Crippen LogP contribution is -2.30. The number of aryl methyl sites for hydroxylation is 2. The van der Waals surface area contributed by atoms with Crippen molar-refractivity contribution in [3.05, 3.63) is 58.1 Å². The first-order chi connectivity index (χ1) is 11.1. The Hall–Kier alpha value is -1.81. The molecule has 0 bridgehead atoms. The summed E-state index contributed by atoms with van der Waals surface area (Å²) < 4.78 is 6.75. The van der Waals surface area contributed by atoms with E-state index < -0.39 is 6.10 Å². The van der Waals surface area contributed by atoms with Crippen LogP contribution in [0.4, 0.5) is 5.69 Å². The minimum Gasteiger partial charge on any atom is -0.481 e. The summed E-state index contributed by atoms with van der Waals surface area (Å²) in [6, 6.07) is 13.7. The second-order valence-electron chi connectivity index (χ2n) is 5.90. The van der Waals surface area contributed by atoms with Crippen molar-refractivity contribution in [1.29, 1.82) is 0 Å². The van der Waals surface area contributed by atoms with Crippen LogP contribution < -0.4 is 10.1 Å². The molecule has 0 saturated heterocycles. The Balaban J connectivity index is 1.64. The summed E-state index contributed by atoms with van der Waals surface area (Å²) in [6.07, 6.45) is 4.20. The molecule has 1 unspecified atom stereocenters. The average Bonchev–Trinajstić information content (AvgIpc) is 2.54. The van der Waals surface area contributed by atoms with Gasteiger partial charge < -0.3 is 10.1 Å². The lowest BCUT2D eigenvalue weighted by Gasteiger charge is -2.19. The molecule has 0 aliphatic heterocycles. The highest BCUT2D eigenvalue weighted by atomic mass is 79.9. The molecule has 2 aromatic carbocycles. The van der Waals surface area contributed by atoms with Crippen LogP contribution in [0.15, 0.2) is 46.9 Å². The van der Waals surface area contributed by atoms with Gasteiger partial charge in [-0.15, -0.1) is 0 Å². The number of rotatable bonds is 4. The second-order valence-corrected chi connectivity index (χ2v) is 6.81. The Morgan fingerprint density at radius 2 is 1.91 bits per heavy atom. The molecule has 3 rings (SSSR count). The summed E-state index contributed by atoms with van der Waals surface area (Å²) in [5.41, 5.74) is 3.52. The lowest BCUT2D eigenvalue weighted by molar-refractivity contribution is -0.122. The summed E-state index contributed by atoms with van der Waals surface area (Å²) >= 11 is 3.40. The van der Waals surface area contributed by atoms with Gasteiger partial charge in [0, 0.05) is 10.2 Å². The standard InChI is InChI=1S/C19H20BrNO2/c1-13(19(22)21-17-8-4-7-16(20)12-17)23-18-10-9-14-5-2-3-6-15(14)11-18/h4,7-13H,2-3,5-6H2,1H3,(H,21,22). The SMILES string of the molecule is CC(Oc1ccc2c(c1)CCCC2)C(=O)Nc1cccc(Br)c1. The van der Waals surface area contributed by atoms with Gasteiger partial charge in [0.05, 0.1) is 0 Å². The van der Waals surface area contributed by atoms with Crippen molar-refractivity contribution in [2.24, 2.45) is 0 Å². The fourth-order valence-electron chi connectivity index (χ4n) is 2.85. The van der Waals surface area contributed by atoms with Crippen LogP contribution in [0.3, 0.4) is 0 Å². The molecule has 23 heavy (non-hydrogen) atoms. The van der Waals surface area contributed by atoms with Crippen LogP contribution in [0.1, 0.15) is 30.9 Å². The zero-order chi connectivity index (χ0) is 16.2. The van der Waals surface area contributed by atoms with E-state index in [1.54, 1.807) is 6.92 Å². The third-order valence-electron chi connectivity index (χ3n) is 4.09. The van der Waals surface area contributed by atoms with Gasteiger partial charge in [0.2, 0.25) is 0 Å². The molecule has 1 atom stereocenters. The van der Waals surface area contributed by atoms with E-state index >= 15 is 0 Å². The third-order valence-corrected chi connectivity index (χ3v) is 4.59. The number of carbonyl (C=O) groups excluding carboxylic acids is 1. The molecule has 0 saturated carbocycles. The topological polar surface area (TPSA) is 38.3 Å². The van der Waals surface area contributed by atoms with Gasteiger partial charge in [-0.05, 0) is 74.1 Å². The number of fused-ring (bicyclic) bond motifs is 1. The van der Waals surface area contributed by atoms with Crippen molar-refractivity contribution in [3.8, 4) is 5.75 Å². The minimum absolute atomic E-state index is 0.152. The third kappa shape index (κ3) is 4.14. The quantitative estimate of drug-likeness (QED) is 0.840. The molecule has 4 heteroatoms. The molecule has 1 amide bonds. The summed E-state index contributed by atoms with van der Waals surface area (Å²) in [5.74, 6) is 0.614. The van der Waals surface area contributed by atoms with E-state index in [4.69, 9.17) is 4.74 Å². The van der Waals surface area contributed by atoms with Gasteiger partial charge in [-0.25, -0.2) is 0 Å². The molecule has 0 aromatic heterocycles. The summed E-state index contributed by atoms with van der Waals surface area (Å²) in [5, 5.41) is 2.87. The van der Waals surface area contributed by atoms with E-state index in [0.717, 1.165) is 28.8 Å². The van der Waals surface area contributed by atoms with Crippen LogP contribution in [-0.2, 0) is 17.6 Å². The van der Waals surface area contributed by atoms with Crippen LogP contribution in [0, 0.1) is 0 Å². The lowest BCUT2D eigenvalue weighted by atomic mass is 9.92. The molecule has 2 aromatic rings. The molecular weight excluding hydrogens is 354 g/mol. The van der Waals surface area contributed by atoms with E-state index in [2.05, 4.69) is 33.4 Å².